The summed E-state index contributed by atoms with van der Waals surface area (Å²) in [5.41, 5.74) is 7.23. The van der Waals surface area contributed by atoms with Crippen LogP contribution in [0.5, 0.6) is 0 Å². The number of nitrogens with two attached hydrogens (primary N) is 1. The van der Waals surface area contributed by atoms with Gasteiger partial charge in [0.05, 0.1) is 17.0 Å². The van der Waals surface area contributed by atoms with Crippen LogP contribution in [-0.2, 0) is 9.84 Å². The molecule has 0 heterocycles. The van der Waals surface area contributed by atoms with E-state index in [-0.39, 0.29) is 5.75 Å². The molecular formula is C11H15N3O2S. The molecule has 0 aliphatic heterocycles. The van der Waals surface area contributed by atoms with Crippen molar-refractivity contribution in [3.63, 3.8) is 0 Å². The maximum absolute atomic E-state index is 11.1. The number of nitriles is 1. The number of nitrogen functional groups attached to an aromatic ring is 1. The van der Waals surface area contributed by atoms with Crippen molar-refractivity contribution in [3.8, 4) is 6.07 Å². The molecule has 2 N–H and O–H groups in total. The van der Waals surface area contributed by atoms with Gasteiger partial charge in [0.1, 0.15) is 15.9 Å². The average Bonchev–Trinajstić information content (AvgIpc) is 2.24. The Kier molecular flexibility index (Phi) is 3.97. The van der Waals surface area contributed by atoms with Crippen molar-refractivity contribution in [1.29, 1.82) is 5.26 Å². The summed E-state index contributed by atoms with van der Waals surface area (Å²) >= 11 is 0. The third kappa shape index (κ3) is 3.96. The van der Waals surface area contributed by atoms with Crippen molar-refractivity contribution < 1.29 is 8.42 Å². The fourth-order valence-electron chi connectivity index (χ4n) is 1.40. The van der Waals surface area contributed by atoms with E-state index < -0.39 is 9.84 Å². The lowest BCUT2D eigenvalue weighted by Gasteiger charge is -2.20. The second-order valence-corrected chi connectivity index (χ2v) is 6.20. The highest BCUT2D eigenvalue weighted by molar-refractivity contribution is 7.90. The van der Waals surface area contributed by atoms with Crippen LogP contribution < -0.4 is 10.6 Å². The maximum Gasteiger partial charge on any atom is 0.149 e. The molecule has 1 rings (SSSR count). The quantitative estimate of drug-likeness (QED) is 0.795. The van der Waals surface area contributed by atoms with Crippen molar-refractivity contribution in [2.45, 2.75) is 0 Å². The standard InChI is InChI=1S/C11H15N3O2S/c1-14(5-6-17(2,15)16)11-4-3-10(13)7-9(11)8-12/h3-4,7H,5-6,13H2,1-2H3. The zero-order valence-corrected chi connectivity index (χ0v) is 10.7. The van der Waals surface area contributed by atoms with Crippen LogP contribution in [0.25, 0.3) is 0 Å². The van der Waals surface area contributed by atoms with Gasteiger partial charge in [-0.2, -0.15) is 5.26 Å². The van der Waals surface area contributed by atoms with Gasteiger partial charge in [-0.05, 0) is 18.2 Å². The number of rotatable bonds is 4. The molecule has 17 heavy (non-hydrogen) atoms. The topological polar surface area (TPSA) is 87.2 Å². The monoisotopic (exact) mass is 253 g/mol. The summed E-state index contributed by atoms with van der Waals surface area (Å²) in [6.07, 6.45) is 1.19. The lowest BCUT2D eigenvalue weighted by Crippen LogP contribution is -2.25. The number of sulfone groups is 1. The van der Waals surface area contributed by atoms with Crippen molar-refractivity contribution in [1.82, 2.24) is 0 Å². The highest BCUT2D eigenvalue weighted by Crippen LogP contribution is 2.21. The minimum Gasteiger partial charge on any atom is -0.399 e. The maximum atomic E-state index is 11.1. The number of anilines is 2. The molecule has 0 aliphatic carbocycles. The molecular weight excluding hydrogens is 238 g/mol. The molecule has 92 valence electrons. The van der Waals surface area contributed by atoms with Crippen LogP contribution in [0.4, 0.5) is 11.4 Å². The molecule has 0 saturated heterocycles. The number of nitrogens with zero attached hydrogens (tertiary/aromatic N) is 2. The van der Waals surface area contributed by atoms with Crippen LogP contribution in [0.3, 0.4) is 0 Å². The number of hydrogen-bond acceptors (Lipinski definition) is 5. The first-order valence-electron chi connectivity index (χ1n) is 5.02. The lowest BCUT2D eigenvalue weighted by molar-refractivity contribution is 0.601. The summed E-state index contributed by atoms with van der Waals surface area (Å²) in [6.45, 7) is 0.345. The van der Waals surface area contributed by atoms with Gasteiger partial charge in [-0.3, -0.25) is 0 Å². The molecule has 1 aromatic carbocycles. The fraction of sp³-hybridized carbons (Fsp3) is 0.364. The Hall–Kier alpha value is -1.74. The summed E-state index contributed by atoms with van der Waals surface area (Å²) < 4.78 is 22.1. The van der Waals surface area contributed by atoms with Crippen molar-refractivity contribution in [2.24, 2.45) is 0 Å². The van der Waals surface area contributed by atoms with Crippen molar-refractivity contribution in [3.05, 3.63) is 23.8 Å². The molecule has 1 aromatic rings. The Bertz CT molecular complexity index is 546. The molecule has 0 saturated carbocycles. The van der Waals surface area contributed by atoms with Crippen LogP contribution >= 0.6 is 0 Å². The van der Waals surface area contributed by atoms with E-state index in [2.05, 4.69) is 0 Å². The molecule has 0 bridgehead atoms. The number of benzene rings is 1. The Morgan fingerprint density at radius 2 is 2.12 bits per heavy atom. The van der Waals surface area contributed by atoms with E-state index in [1.54, 1.807) is 30.1 Å². The minimum atomic E-state index is -3.00. The zero-order chi connectivity index (χ0) is 13.1. The largest absolute Gasteiger partial charge is 0.399 e. The van der Waals surface area contributed by atoms with E-state index in [1.165, 1.54) is 6.26 Å². The summed E-state index contributed by atoms with van der Waals surface area (Å²) in [6, 6.07) is 7.03. The Balaban J connectivity index is 2.90. The van der Waals surface area contributed by atoms with E-state index in [4.69, 9.17) is 11.0 Å². The first-order chi connectivity index (χ1) is 7.83. The van der Waals surface area contributed by atoms with Crippen LogP contribution in [0.15, 0.2) is 18.2 Å². The third-order valence-corrected chi connectivity index (χ3v) is 3.27. The molecule has 0 unspecified atom stereocenters. The first kappa shape index (κ1) is 13.3. The summed E-state index contributed by atoms with van der Waals surface area (Å²) in [5, 5.41) is 8.97. The predicted molar refractivity (Wildman–Crippen MR) is 68.6 cm³/mol. The molecule has 0 atom stereocenters. The van der Waals surface area contributed by atoms with Gasteiger partial charge in [0.25, 0.3) is 0 Å². The third-order valence-electron chi connectivity index (χ3n) is 2.35. The Morgan fingerprint density at radius 1 is 1.47 bits per heavy atom. The number of hydrogen-bond donors (Lipinski definition) is 1. The van der Waals surface area contributed by atoms with E-state index in [9.17, 15) is 8.42 Å². The van der Waals surface area contributed by atoms with Crippen LogP contribution in [-0.4, -0.2) is 34.0 Å². The van der Waals surface area contributed by atoms with Gasteiger partial charge in [0.2, 0.25) is 0 Å². The Morgan fingerprint density at radius 3 is 2.65 bits per heavy atom. The molecule has 0 spiro atoms. The van der Waals surface area contributed by atoms with E-state index >= 15 is 0 Å². The highest BCUT2D eigenvalue weighted by Gasteiger charge is 2.10. The molecule has 0 aromatic heterocycles. The molecule has 0 radical (unpaired) electrons. The van der Waals surface area contributed by atoms with Gasteiger partial charge in [-0.15, -0.1) is 0 Å². The molecule has 6 heteroatoms. The first-order valence-corrected chi connectivity index (χ1v) is 7.08. The van der Waals surface area contributed by atoms with Gasteiger partial charge in [-0.1, -0.05) is 0 Å². The van der Waals surface area contributed by atoms with Crippen molar-refractivity contribution >= 4 is 21.2 Å². The molecule has 5 nitrogen and oxygen atoms in total. The van der Waals surface area contributed by atoms with Crippen molar-refractivity contribution in [2.75, 3.05) is 36.2 Å². The smallest absolute Gasteiger partial charge is 0.149 e. The molecule has 0 amide bonds. The SMILES string of the molecule is CN(CCS(C)(=O)=O)c1ccc(N)cc1C#N. The summed E-state index contributed by atoms with van der Waals surface area (Å²) in [4.78, 5) is 1.74. The lowest BCUT2D eigenvalue weighted by atomic mass is 10.1. The Labute approximate surface area is 101 Å². The van der Waals surface area contributed by atoms with Gasteiger partial charge in [0.15, 0.2) is 0 Å². The fourth-order valence-corrected chi connectivity index (χ4v) is 2.00. The van der Waals surface area contributed by atoms with E-state index in [0.717, 1.165) is 0 Å². The average molecular weight is 253 g/mol. The normalized spacial score (nSPS) is 10.9. The summed E-state index contributed by atoms with van der Waals surface area (Å²) in [7, 11) is -1.26. The zero-order valence-electron chi connectivity index (χ0n) is 9.84. The van der Waals surface area contributed by atoms with Gasteiger partial charge in [0, 0.05) is 25.5 Å². The van der Waals surface area contributed by atoms with Crippen LogP contribution in [0.1, 0.15) is 5.56 Å². The molecule has 0 fully saturated rings. The van der Waals surface area contributed by atoms with Gasteiger partial charge in [-0.25, -0.2) is 8.42 Å². The van der Waals surface area contributed by atoms with E-state index in [1.807, 2.05) is 6.07 Å². The highest BCUT2D eigenvalue weighted by atomic mass is 32.2. The molecule has 0 aliphatic rings. The predicted octanol–water partition coefficient (Wildman–Crippen LogP) is 0.621. The summed E-state index contributed by atoms with van der Waals surface area (Å²) in [5.74, 6) is 0.0543. The minimum absolute atomic E-state index is 0.0543. The van der Waals surface area contributed by atoms with E-state index in [0.29, 0.717) is 23.5 Å². The van der Waals surface area contributed by atoms with Crippen LogP contribution in [0, 0.1) is 11.3 Å². The van der Waals surface area contributed by atoms with Gasteiger partial charge >= 0.3 is 0 Å². The second kappa shape index (κ2) is 5.06. The van der Waals surface area contributed by atoms with Gasteiger partial charge < -0.3 is 10.6 Å². The van der Waals surface area contributed by atoms with Crippen LogP contribution in [0.2, 0.25) is 0 Å². The second-order valence-electron chi connectivity index (χ2n) is 3.94.